The summed E-state index contributed by atoms with van der Waals surface area (Å²) in [7, 11) is 0. The molecule has 17 heavy (non-hydrogen) atoms. The van der Waals surface area contributed by atoms with Crippen LogP contribution in [-0.2, 0) is 4.79 Å². The summed E-state index contributed by atoms with van der Waals surface area (Å²) in [4.78, 5) is 10.5. The highest BCUT2D eigenvalue weighted by molar-refractivity contribution is 5.49. The van der Waals surface area contributed by atoms with Gasteiger partial charge in [-0.15, -0.1) is 0 Å². The summed E-state index contributed by atoms with van der Waals surface area (Å²) in [5.41, 5.74) is 0.333. The first-order valence-corrected chi connectivity index (χ1v) is 7.21. The van der Waals surface area contributed by atoms with Gasteiger partial charge in [0.05, 0.1) is 6.10 Å². The Balaban J connectivity index is 2.06. The minimum Gasteiger partial charge on any atom is -0.393 e. The molecule has 0 amide bonds. The highest BCUT2D eigenvalue weighted by Crippen LogP contribution is 2.58. The first kappa shape index (κ1) is 13.1. The van der Waals surface area contributed by atoms with E-state index in [1.165, 1.54) is 25.7 Å². The van der Waals surface area contributed by atoms with Gasteiger partial charge in [0.2, 0.25) is 0 Å². The van der Waals surface area contributed by atoms with Crippen molar-refractivity contribution in [2.24, 2.45) is 23.2 Å². The van der Waals surface area contributed by atoms with Crippen LogP contribution in [0, 0.1) is 23.2 Å². The molecule has 2 nitrogen and oxygen atoms in total. The molecule has 2 aliphatic carbocycles. The van der Waals surface area contributed by atoms with Crippen molar-refractivity contribution in [1.29, 1.82) is 0 Å². The van der Waals surface area contributed by atoms with Gasteiger partial charge >= 0.3 is 0 Å². The standard InChI is InChI=1S/C15H26O2/c1-11(5-4-10-16)12-7-8-13-14(17)6-3-9-15(12,13)2/h10-14,17H,3-9H2,1-2H3/t11-,12-,13+,14+,15-/m1/s1. The summed E-state index contributed by atoms with van der Waals surface area (Å²) in [6, 6.07) is 0. The molecule has 0 aromatic rings. The molecule has 98 valence electrons. The Bertz CT molecular complexity index is 276. The van der Waals surface area contributed by atoms with Crippen LogP contribution in [0.25, 0.3) is 0 Å². The van der Waals surface area contributed by atoms with E-state index < -0.39 is 0 Å². The summed E-state index contributed by atoms with van der Waals surface area (Å²) >= 11 is 0. The molecule has 2 heteroatoms. The quantitative estimate of drug-likeness (QED) is 0.764. The second-order valence-corrected chi connectivity index (χ2v) is 6.48. The third kappa shape index (κ3) is 2.29. The van der Waals surface area contributed by atoms with E-state index in [2.05, 4.69) is 13.8 Å². The third-order valence-corrected chi connectivity index (χ3v) is 5.59. The Morgan fingerprint density at radius 1 is 1.41 bits per heavy atom. The predicted molar refractivity (Wildman–Crippen MR) is 68.6 cm³/mol. The van der Waals surface area contributed by atoms with Gasteiger partial charge in [0.25, 0.3) is 0 Å². The van der Waals surface area contributed by atoms with Crippen LogP contribution in [0.2, 0.25) is 0 Å². The van der Waals surface area contributed by atoms with Crippen LogP contribution in [0.4, 0.5) is 0 Å². The topological polar surface area (TPSA) is 37.3 Å². The van der Waals surface area contributed by atoms with Crippen LogP contribution in [-0.4, -0.2) is 17.5 Å². The van der Waals surface area contributed by atoms with Crippen molar-refractivity contribution < 1.29 is 9.90 Å². The molecule has 0 spiro atoms. The van der Waals surface area contributed by atoms with Crippen molar-refractivity contribution in [3.63, 3.8) is 0 Å². The molecule has 0 saturated heterocycles. The van der Waals surface area contributed by atoms with Crippen LogP contribution in [0.15, 0.2) is 0 Å². The Morgan fingerprint density at radius 3 is 2.88 bits per heavy atom. The number of hydrogen-bond donors (Lipinski definition) is 1. The minimum absolute atomic E-state index is 0.0722. The van der Waals surface area contributed by atoms with Crippen LogP contribution in [0.3, 0.4) is 0 Å². The normalized spacial score (nSPS) is 43.1. The lowest BCUT2D eigenvalue weighted by molar-refractivity contribution is -0.108. The molecular formula is C15H26O2. The Morgan fingerprint density at radius 2 is 2.18 bits per heavy atom. The van der Waals surface area contributed by atoms with Crippen LogP contribution < -0.4 is 0 Å². The minimum atomic E-state index is -0.0722. The molecule has 0 unspecified atom stereocenters. The van der Waals surface area contributed by atoms with E-state index >= 15 is 0 Å². The molecule has 2 fully saturated rings. The number of aldehydes is 1. The molecule has 1 N–H and O–H groups in total. The fourth-order valence-electron chi connectivity index (χ4n) is 4.66. The second kappa shape index (κ2) is 5.09. The van der Waals surface area contributed by atoms with E-state index in [1.807, 2.05) is 0 Å². The van der Waals surface area contributed by atoms with Gasteiger partial charge in [-0.05, 0) is 55.3 Å². The van der Waals surface area contributed by atoms with E-state index in [0.717, 1.165) is 19.1 Å². The molecule has 0 radical (unpaired) electrons. The third-order valence-electron chi connectivity index (χ3n) is 5.59. The zero-order chi connectivity index (χ0) is 12.5. The molecule has 0 aliphatic heterocycles. The van der Waals surface area contributed by atoms with Gasteiger partial charge in [-0.2, -0.15) is 0 Å². The number of aliphatic hydroxyl groups excluding tert-OH is 1. The monoisotopic (exact) mass is 238 g/mol. The summed E-state index contributed by atoms with van der Waals surface area (Å²) in [6.07, 6.45) is 8.56. The fraction of sp³-hybridized carbons (Fsp3) is 0.933. The molecule has 0 heterocycles. The zero-order valence-electron chi connectivity index (χ0n) is 11.2. The van der Waals surface area contributed by atoms with E-state index in [9.17, 15) is 9.90 Å². The van der Waals surface area contributed by atoms with Crippen molar-refractivity contribution >= 4 is 6.29 Å². The highest BCUT2D eigenvalue weighted by Gasteiger charge is 2.51. The van der Waals surface area contributed by atoms with Crippen LogP contribution >= 0.6 is 0 Å². The highest BCUT2D eigenvalue weighted by atomic mass is 16.3. The largest absolute Gasteiger partial charge is 0.393 e. The lowest BCUT2D eigenvalue weighted by Gasteiger charge is -2.45. The molecule has 2 rings (SSSR count). The average Bonchev–Trinajstić information content (AvgIpc) is 2.64. The number of fused-ring (bicyclic) bond motifs is 1. The molecule has 0 bridgehead atoms. The lowest BCUT2D eigenvalue weighted by Crippen LogP contribution is -2.41. The van der Waals surface area contributed by atoms with Gasteiger partial charge in [-0.1, -0.05) is 20.3 Å². The first-order chi connectivity index (χ1) is 8.09. The molecule has 2 saturated carbocycles. The number of carbonyl (C=O) groups is 1. The Labute approximate surface area is 105 Å². The summed E-state index contributed by atoms with van der Waals surface area (Å²) in [6.45, 7) is 4.68. The van der Waals surface area contributed by atoms with E-state index in [4.69, 9.17) is 0 Å². The van der Waals surface area contributed by atoms with Crippen LogP contribution in [0.5, 0.6) is 0 Å². The van der Waals surface area contributed by atoms with E-state index in [1.54, 1.807) is 0 Å². The zero-order valence-corrected chi connectivity index (χ0v) is 11.2. The van der Waals surface area contributed by atoms with Gasteiger partial charge in [0.15, 0.2) is 0 Å². The fourth-order valence-corrected chi connectivity index (χ4v) is 4.66. The predicted octanol–water partition coefficient (Wildman–Crippen LogP) is 3.18. The number of rotatable bonds is 4. The molecule has 2 aliphatic rings. The second-order valence-electron chi connectivity index (χ2n) is 6.48. The van der Waals surface area contributed by atoms with Gasteiger partial charge in [0.1, 0.15) is 6.29 Å². The average molecular weight is 238 g/mol. The van der Waals surface area contributed by atoms with Gasteiger partial charge in [-0.25, -0.2) is 0 Å². The smallest absolute Gasteiger partial charge is 0.120 e. The first-order valence-electron chi connectivity index (χ1n) is 7.21. The number of carbonyl (C=O) groups excluding carboxylic acids is 1. The molecule has 0 aromatic heterocycles. The van der Waals surface area contributed by atoms with Gasteiger partial charge in [0, 0.05) is 6.42 Å². The summed E-state index contributed by atoms with van der Waals surface area (Å²) in [5, 5.41) is 10.2. The number of hydrogen-bond acceptors (Lipinski definition) is 2. The van der Waals surface area contributed by atoms with Crippen molar-refractivity contribution in [2.75, 3.05) is 0 Å². The van der Waals surface area contributed by atoms with E-state index in [0.29, 0.717) is 29.6 Å². The maximum absolute atomic E-state index is 10.5. The lowest BCUT2D eigenvalue weighted by atomic mass is 9.61. The van der Waals surface area contributed by atoms with Gasteiger partial charge < -0.3 is 9.90 Å². The van der Waals surface area contributed by atoms with Crippen molar-refractivity contribution in [3.05, 3.63) is 0 Å². The Hall–Kier alpha value is -0.370. The maximum Gasteiger partial charge on any atom is 0.120 e. The maximum atomic E-state index is 10.5. The van der Waals surface area contributed by atoms with Crippen molar-refractivity contribution in [2.45, 2.75) is 64.9 Å². The summed E-state index contributed by atoms with van der Waals surface area (Å²) < 4.78 is 0. The molecule has 0 aromatic carbocycles. The molecule has 5 atom stereocenters. The number of aliphatic hydroxyl groups is 1. The molecular weight excluding hydrogens is 212 g/mol. The summed E-state index contributed by atoms with van der Waals surface area (Å²) in [5.74, 6) is 1.85. The van der Waals surface area contributed by atoms with Crippen LogP contribution in [0.1, 0.15) is 58.8 Å². The Kier molecular flexibility index (Phi) is 3.92. The van der Waals surface area contributed by atoms with E-state index in [-0.39, 0.29) is 6.10 Å². The van der Waals surface area contributed by atoms with Gasteiger partial charge in [-0.3, -0.25) is 0 Å². The van der Waals surface area contributed by atoms with Crippen molar-refractivity contribution in [1.82, 2.24) is 0 Å². The SMILES string of the molecule is C[C@H](CCC=O)[C@H]1CC[C@H]2[C@@H](O)CCC[C@]12C. The van der Waals surface area contributed by atoms with Crippen molar-refractivity contribution in [3.8, 4) is 0 Å².